The number of benzene rings is 2. The predicted octanol–water partition coefficient (Wildman–Crippen LogP) is 4.67. The van der Waals surface area contributed by atoms with E-state index in [-0.39, 0.29) is 0 Å². The van der Waals surface area contributed by atoms with Gasteiger partial charge in [0.25, 0.3) is 0 Å². The first kappa shape index (κ1) is 13.5. The normalized spacial score (nSPS) is 9.79. The van der Waals surface area contributed by atoms with Gasteiger partial charge in [0.05, 0.1) is 17.7 Å². The van der Waals surface area contributed by atoms with E-state index in [9.17, 15) is 0 Å². The highest BCUT2D eigenvalue weighted by atomic mass is 35.5. The number of hydrogen-bond acceptors (Lipinski definition) is 3. The van der Waals surface area contributed by atoms with Gasteiger partial charge in [-0.15, -0.1) is 0 Å². The van der Waals surface area contributed by atoms with Crippen molar-refractivity contribution in [1.82, 2.24) is 0 Å². The van der Waals surface area contributed by atoms with Crippen molar-refractivity contribution >= 4 is 23.2 Å². The molecule has 0 spiro atoms. The molecule has 0 saturated heterocycles. The van der Waals surface area contributed by atoms with Crippen molar-refractivity contribution in [3.63, 3.8) is 0 Å². The number of hydrogen-bond donors (Lipinski definition) is 0. The van der Waals surface area contributed by atoms with Gasteiger partial charge in [0.2, 0.25) is 0 Å². The molecule has 0 fully saturated rings. The zero-order chi connectivity index (χ0) is 13.8. The Hall–Kier alpha value is -1.89. The highest BCUT2D eigenvalue weighted by molar-refractivity contribution is 6.42. The van der Waals surface area contributed by atoms with Crippen molar-refractivity contribution in [2.45, 2.75) is 0 Å². The molecule has 0 aliphatic rings. The van der Waals surface area contributed by atoms with E-state index < -0.39 is 0 Å². The van der Waals surface area contributed by atoms with Crippen molar-refractivity contribution in [2.24, 2.45) is 0 Å². The Kier molecular flexibility index (Phi) is 4.16. The van der Waals surface area contributed by atoms with Crippen LogP contribution in [-0.2, 0) is 0 Å². The lowest BCUT2D eigenvalue weighted by Gasteiger charge is -2.10. The maximum atomic E-state index is 9.05. The third-order valence-corrected chi connectivity index (χ3v) is 3.25. The van der Waals surface area contributed by atoms with Gasteiger partial charge in [-0.2, -0.15) is 5.26 Å². The van der Waals surface area contributed by atoms with Crippen molar-refractivity contribution in [1.29, 1.82) is 5.26 Å². The van der Waals surface area contributed by atoms with Gasteiger partial charge in [-0.3, -0.25) is 0 Å². The van der Waals surface area contributed by atoms with Gasteiger partial charge in [0, 0.05) is 6.07 Å². The summed E-state index contributed by atoms with van der Waals surface area (Å²) in [5.41, 5.74) is 0.386. The van der Waals surface area contributed by atoms with Crippen LogP contribution in [0.4, 0.5) is 0 Å². The number of ether oxygens (including phenoxy) is 2. The van der Waals surface area contributed by atoms with Crippen LogP contribution in [0.3, 0.4) is 0 Å². The maximum absolute atomic E-state index is 9.05. The first-order valence-corrected chi connectivity index (χ1v) is 6.11. The molecule has 0 unspecified atom stereocenters. The monoisotopic (exact) mass is 293 g/mol. The molecule has 2 aromatic carbocycles. The first-order chi connectivity index (χ1) is 9.15. The fraction of sp³-hybridized carbons (Fsp3) is 0.0714. The molecule has 2 aromatic rings. The summed E-state index contributed by atoms with van der Waals surface area (Å²) in [6.45, 7) is 0. The molecule has 0 aliphatic heterocycles. The van der Waals surface area contributed by atoms with Crippen LogP contribution in [0, 0.1) is 11.3 Å². The van der Waals surface area contributed by atoms with Crippen molar-refractivity contribution in [3.8, 4) is 23.3 Å². The summed E-state index contributed by atoms with van der Waals surface area (Å²) >= 11 is 12.0. The van der Waals surface area contributed by atoms with Crippen LogP contribution in [-0.4, -0.2) is 7.11 Å². The van der Waals surface area contributed by atoms with E-state index in [4.69, 9.17) is 37.9 Å². The second-order valence-electron chi connectivity index (χ2n) is 3.63. The minimum atomic E-state index is 0.302. The Morgan fingerprint density at radius 2 is 1.89 bits per heavy atom. The van der Waals surface area contributed by atoms with Crippen LogP contribution in [0.5, 0.6) is 17.2 Å². The summed E-state index contributed by atoms with van der Waals surface area (Å²) in [6.07, 6.45) is 0. The third kappa shape index (κ3) is 2.93. The van der Waals surface area contributed by atoms with E-state index in [0.29, 0.717) is 32.9 Å². The molecule has 0 aliphatic carbocycles. The SMILES string of the molecule is COc1ccc(C#N)c(Oc2cccc(Cl)c2Cl)c1. The molecule has 96 valence electrons. The third-order valence-electron chi connectivity index (χ3n) is 2.45. The Labute approximate surface area is 120 Å². The van der Waals surface area contributed by atoms with Crippen molar-refractivity contribution < 1.29 is 9.47 Å². The van der Waals surface area contributed by atoms with E-state index in [2.05, 4.69) is 0 Å². The number of halogens is 2. The van der Waals surface area contributed by atoms with Crippen LogP contribution >= 0.6 is 23.2 Å². The molecular weight excluding hydrogens is 285 g/mol. The molecule has 0 atom stereocenters. The molecule has 0 amide bonds. The Bertz CT molecular complexity index is 650. The highest BCUT2D eigenvalue weighted by Gasteiger charge is 2.10. The minimum absolute atomic E-state index is 0.302. The standard InChI is InChI=1S/C14H9Cl2NO2/c1-18-10-6-5-9(8-17)13(7-10)19-12-4-2-3-11(15)14(12)16/h2-7H,1H3. The average molecular weight is 294 g/mol. The largest absolute Gasteiger partial charge is 0.497 e. The van der Waals surface area contributed by atoms with Crippen LogP contribution in [0.15, 0.2) is 36.4 Å². The van der Waals surface area contributed by atoms with E-state index >= 15 is 0 Å². The molecular formula is C14H9Cl2NO2. The number of nitrogens with zero attached hydrogens (tertiary/aromatic N) is 1. The van der Waals surface area contributed by atoms with Crippen LogP contribution in [0.25, 0.3) is 0 Å². The predicted molar refractivity (Wildman–Crippen MR) is 74.2 cm³/mol. The highest BCUT2D eigenvalue weighted by Crippen LogP contribution is 2.36. The second-order valence-corrected chi connectivity index (χ2v) is 4.41. The molecule has 0 saturated carbocycles. The summed E-state index contributed by atoms with van der Waals surface area (Å²) in [5, 5.41) is 9.75. The zero-order valence-electron chi connectivity index (χ0n) is 9.98. The van der Waals surface area contributed by atoms with Crippen molar-refractivity contribution in [3.05, 3.63) is 52.0 Å². The summed E-state index contributed by atoms with van der Waals surface area (Å²) in [7, 11) is 1.54. The van der Waals surface area contributed by atoms with E-state index in [1.807, 2.05) is 6.07 Å². The Morgan fingerprint density at radius 1 is 1.11 bits per heavy atom. The minimum Gasteiger partial charge on any atom is -0.497 e. The van der Waals surface area contributed by atoms with Crippen LogP contribution in [0.1, 0.15) is 5.56 Å². The van der Waals surface area contributed by atoms with Gasteiger partial charge < -0.3 is 9.47 Å². The molecule has 0 bridgehead atoms. The lowest BCUT2D eigenvalue weighted by atomic mass is 10.2. The lowest BCUT2D eigenvalue weighted by Crippen LogP contribution is -1.91. The summed E-state index contributed by atoms with van der Waals surface area (Å²) in [6, 6.07) is 12.0. The van der Waals surface area contributed by atoms with Crippen LogP contribution in [0.2, 0.25) is 10.0 Å². The van der Waals surface area contributed by atoms with E-state index in [1.165, 1.54) is 7.11 Å². The molecule has 0 aromatic heterocycles. The topological polar surface area (TPSA) is 42.2 Å². The molecule has 0 radical (unpaired) electrons. The second kappa shape index (κ2) is 5.83. The zero-order valence-corrected chi connectivity index (χ0v) is 11.5. The smallest absolute Gasteiger partial charge is 0.148 e. The number of rotatable bonds is 3. The molecule has 3 nitrogen and oxygen atoms in total. The van der Waals surface area contributed by atoms with Gasteiger partial charge >= 0.3 is 0 Å². The maximum Gasteiger partial charge on any atom is 0.148 e. The molecule has 2 rings (SSSR count). The van der Waals surface area contributed by atoms with Gasteiger partial charge in [0.15, 0.2) is 0 Å². The van der Waals surface area contributed by atoms with Gasteiger partial charge in [-0.25, -0.2) is 0 Å². The lowest BCUT2D eigenvalue weighted by molar-refractivity contribution is 0.409. The molecule has 0 heterocycles. The molecule has 0 N–H and O–H groups in total. The summed E-state index contributed by atoms with van der Waals surface area (Å²) < 4.78 is 10.7. The number of methoxy groups -OCH3 is 1. The molecule has 5 heteroatoms. The quantitative estimate of drug-likeness (QED) is 0.826. The van der Waals surface area contributed by atoms with Crippen molar-refractivity contribution in [2.75, 3.05) is 7.11 Å². The van der Waals surface area contributed by atoms with E-state index in [1.54, 1.807) is 36.4 Å². The molecule has 19 heavy (non-hydrogen) atoms. The van der Waals surface area contributed by atoms with Gasteiger partial charge in [0.1, 0.15) is 28.3 Å². The summed E-state index contributed by atoms with van der Waals surface area (Å²) in [5.74, 6) is 1.34. The van der Waals surface area contributed by atoms with E-state index in [0.717, 1.165) is 0 Å². The fourth-order valence-corrected chi connectivity index (χ4v) is 1.82. The Balaban J connectivity index is 2.42. The Morgan fingerprint density at radius 3 is 2.58 bits per heavy atom. The summed E-state index contributed by atoms with van der Waals surface area (Å²) in [4.78, 5) is 0. The average Bonchev–Trinajstić information content (AvgIpc) is 2.43. The van der Waals surface area contributed by atoms with Gasteiger partial charge in [-0.1, -0.05) is 29.3 Å². The van der Waals surface area contributed by atoms with Crippen LogP contribution < -0.4 is 9.47 Å². The van der Waals surface area contributed by atoms with Gasteiger partial charge in [-0.05, 0) is 24.3 Å². The first-order valence-electron chi connectivity index (χ1n) is 5.35. The fourth-order valence-electron chi connectivity index (χ4n) is 1.49. The number of nitriles is 1.